The monoisotopic (exact) mass is 311 g/mol. The number of rotatable bonds is 9. The van der Waals surface area contributed by atoms with Gasteiger partial charge in [0.1, 0.15) is 5.69 Å². The third-order valence-electron chi connectivity index (χ3n) is 3.02. The van der Waals surface area contributed by atoms with Gasteiger partial charge in [0.15, 0.2) is 5.78 Å². The molecule has 0 aromatic carbocycles. The van der Waals surface area contributed by atoms with Crippen molar-refractivity contribution in [2.24, 2.45) is 0 Å². The van der Waals surface area contributed by atoms with Crippen LogP contribution in [-0.4, -0.2) is 10.8 Å². The molecule has 0 unspecified atom stereocenters. The lowest BCUT2D eigenvalue weighted by Gasteiger charge is -2.01. The van der Waals surface area contributed by atoms with E-state index in [0.29, 0.717) is 12.1 Å². The molecule has 1 rings (SSSR count). The van der Waals surface area contributed by atoms with Gasteiger partial charge in [-0.05, 0) is 34.5 Å². The fourth-order valence-electron chi connectivity index (χ4n) is 1.91. The van der Waals surface area contributed by atoms with Gasteiger partial charge in [0.25, 0.3) is 0 Å². The van der Waals surface area contributed by atoms with Crippen LogP contribution in [0, 0.1) is 0 Å². The molecule has 0 saturated heterocycles. The maximum atomic E-state index is 11.8. The highest BCUT2D eigenvalue weighted by Gasteiger charge is 2.06. The first-order valence-corrected chi connectivity index (χ1v) is 7.68. The summed E-state index contributed by atoms with van der Waals surface area (Å²) in [6.45, 7) is 2.23. The molecule has 0 atom stereocenters. The number of aromatic nitrogens is 1. The molecular formula is C15H22BrNO. The Morgan fingerprint density at radius 1 is 1.11 bits per heavy atom. The van der Waals surface area contributed by atoms with Crippen LogP contribution in [0.4, 0.5) is 0 Å². The van der Waals surface area contributed by atoms with Crippen LogP contribution in [-0.2, 0) is 0 Å². The van der Waals surface area contributed by atoms with E-state index in [1.54, 1.807) is 12.3 Å². The third-order valence-corrected chi connectivity index (χ3v) is 3.49. The molecule has 0 amide bonds. The Morgan fingerprint density at radius 3 is 2.39 bits per heavy atom. The maximum Gasteiger partial charge on any atom is 0.181 e. The van der Waals surface area contributed by atoms with Gasteiger partial charge in [0.05, 0.1) is 0 Å². The summed E-state index contributed by atoms with van der Waals surface area (Å²) in [6, 6.07) is 3.65. The lowest BCUT2D eigenvalue weighted by molar-refractivity contribution is 0.0974. The average Bonchev–Trinajstić information content (AvgIpc) is 2.38. The Labute approximate surface area is 118 Å². The van der Waals surface area contributed by atoms with E-state index in [9.17, 15) is 4.79 Å². The van der Waals surface area contributed by atoms with Crippen molar-refractivity contribution < 1.29 is 4.79 Å². The number of Topliss-reactive ketones (excluding diaryl/α,β-unsaturated/α-hetero) is 1. The lowest BCUT2D eigenvalue weighted by atomic mass is 10.1. The largest absolute Gasteiger partial charge is 0.292 e. The number of pyridine rings is 1. The van der Waals surface area contributed by atoms with Gasteiger partial charge in [0, 0.05) is 17.1 Å². The van der Waals surface area contributed by atoms with E-state index in [1.165, 1.54) is 32.1 Å². The van der Waals surface area contributed by atoms with Gasteiger partial charge in [-0.15, -0.1) is 0 Å². The van der Waals surface area contributed by atoms with Crippen molar-refractivity contribution in [1.82, 2.24) is 4.98 Å². The Kier molecular flexibility index (Phi) is 7.90. The third kappa shape index (κ3) is 6.29. The molecule has 0 aliphatic heterocycles. The Morgan fingerprint density at radius 2 is 1.78 bits per heavy atom. The molecular weight excluding hydrogens is 290 g/mol. The highest BCUT2D eigenvalue weighted by atomic mass is 79.9. The van der Waals surface area contributed by atoms with Gasteiger partial charge in [-0.3, -0.25) is 9.78 Å². The van der Waals surface area contributed by atoms with Crippen molar-refractivity contribution in [2.75, 3.05) is 0 Å². The summed E-state index contributed by atoms with van der Waals surface area (Å²) < 4.78 is 0.912. The molecule has 0 N–H and O–H groups in total. The zero-order chi connectivity index (χ0) is 13.2. The van der Waals surface area contributed by atoms with Crippen LogP contribution in [0.2, 0.25) is 0 Å². The average molecular weight is 312 g/mol. The summed E-state index contributed by atoms with van der Waals surface area (Å²) in [5, 5.41) is 0. The molecule has 1 heterocycles. The normalized spacial score (nSPS) is 10.6. The highest BCUT2D eigenvalue weighted by Crippen LogP contribution is 2.12. The zero-order valence-electron chi connectivity index (χ0n) is 11.1. The Balaban J connectivity index is 2.12. The fraction of sp³-hybridized carbons (Fsp3) is 0.600. The van der Waals surface area contributed by atoms with Crippen LogP contribution < -0.4 is 0 Å². The number of halogens is 1. The quantitative estimate of drug-likeness (QED) is 0.465. The van der Waals surface area contributed by atoms with E-state index in [4.69, 9.17) is 0 Å². The van der Waals surface area contributed by atoms with Crippen molar-refractivity contribution in [2.45, 2.75) is 58.3 Å². The predicted molar refractivity (Wildman–Crippen MR) is 78.9 cm³/mol. The predicted octanol–water partition coefficient (Wildman–Crippen LogP) is 5.17. The molecule has 0 fully saturated rings. The number of nitrogens with zero attached hydrogens (tertiary/aromatic N) is 1. The minimum absolute atomic E-state index is 0.163. The van der Waals surface area contributed by atoms with E-state index in [-0.39, 0.29) is 5.78 Å². The van der Waals surface area contributed by atoms with Gasteiger partial charge in [-0.1, -0.05) is 45.4 Å². The van der Waals surface area contributed by atoms with Gasteiger partial charge in [-0.2, -0.15) is 0 Å². The van der Waals surface area contributed by atoms with Gasteiger partial charge in [-0.25, -0.2) is 0 Å². The van der Waals surface area contributed by atoms with Gasteiger partial charge in [0.2, 0.25) is 0 Å². The van der Waals surface area contributed by atoms with Crippen LogP contribution >= 0.6 is 15.9 Å². The second kappa shape index (κ2) is 9.26. The van der Waals surface area contributed by atoms with Crippen LogP contribution in [0.5, 0.6) is 0 Å². The molecule has 100 valence electrons. The van der Waals surface area contributed by atoms with E-state index in [2.05, 4.69) is 27.8 Å². The summed E-state index contributed by atoms with van der Waals surface area (Å²) >= 11 is 3.31. The molecule has 18 heavy (non-hydrogen) atoms. The summed E-state index contributed by atoms with van der Waals surface area (Å²) in [7, 11) is 0. The standard InChI is InChI=1S/C15H22BrNO/c1-2-3-4-5-6-7-8-9-15(18)14-11-10-13(16)12-17-14/h10-12H,2-9H2,1H3. The maximum absolute atomic E-state index is 11.8. The number of unbranched alkanes of at least 4 members (excludes halogenated alkanes) is 6. The van der Waals surface area contributed by atoms with Crippen molar-refractivity contribution in [3.63, 3.8) is 0 Å². The molecule has 0 aliphatic rings. The van der Waals surface area contributed by atoms with Crippen molar-refractivity contribution in [3.8, 4) is 0 Å². The second-order valence-electron chi connectivity index (χ2n) is 4.66. The van der Waals surface area contributed by atoms with E-state index >= 15 is 0 Å². The molecule has 1 aromatic rings. The fourth-order valence-corrected chi connectivity index (χ4v) is 2.15. The number of ketones is 1. The lowest BCUT2D eigenvalue weighted by Crippen LogP contribution is -2.01. The van der Waals surface area contributed by atoms with E-state index < -0.39 is 0 Å². The van der Waals surface area contributed by atoms with Crippen LogP contribution in [0.3, 0.4) is 0 Å². The topological polar surface area (TPSA) is 30.0 Å². The molecule has 0 bridgehead atoms. The summed E-state index contributed by atoms with van der Waals surface area (Å²) in [5.74, 6) is 0.163. The molecule has 1 aromatic heterocycles. The molecule has 3 heteroatoms. The zero-order valence-corrected chi connectivity index (χ0v) is 12.7. The smallest absolute Gasteiger partial charge is 0.181 e. The minimum Gasteiger partial charge on any atom is -0.292 e. The number of hydrogen-bond donors (Lipinski definition) is 0. The number of carbonyl (C=O) groups excluding carboxylic acids is 1. The molecule has 2 nitrogen and oxygen atoms in total. The summed E-state index contributed by atoms with van der Waals surface area (Å²) in [4.78, 5) is 15.9. The van der Waals surface area contributed by atoms with Crippen LogP contribution in [0.25, 0.3) is 0 Å². The van der Waals surface area contributed by atoms with Crippen molar-refractivity contribution in [1.29, 1.82) is 0 Å². The first-order chi connectivity index (χ1) is 8.74. The van der Waals surface area contributed by atoms with Crippen LogP contribution in [0.15, 0.2) is 22.8 Å². The van der Waals surface area contributed by atoms with Crippen molar-refractivity contribution in [3.05, 3.63) is 28.5 Å². The Bertz CT molecular complexity index is 348. The summed E-state index contributed by atoms with van der Waals surface area (Å²) in [5.41, 5.74) is 0.587. The first-order valence-electron chi connectivity index (χ1n) is 6.88. The van der Waals surface area contributed by atoms with Gasteiger partial charge >= 0.3 is 0 Å². The molecule has 0 spiro atoms. The van der Waals surface area contributed by atoms with Gasteiger partial charge < -0.3 is 0 Å². The molecule has 0 aliphatic carbocycles. The molecule has 0 radical (unpaired) electrons. The second-order valence-corrected chi connectivity index (χ2v) is 5.57. The van der Waals surface area contributed by atoms with Crippen molar-refractivity contribution >= 4 is 21.7 Å². The first kappa shape index (κ1) is 15.4. The molecule has 0 saturated carbocycles. The number of carbonyl (C=O) groups is 1. The number of hydrogen-bond acceptors (Lipinski definition) is 2. The Hall–Kier alpha value is -0.700. The summed E-state index contributed by atoms with van der Waals surface area (Å²) in [6.07, 6.45) is 11.0. The minimum atomic E-state index is 0.163. The van der Waals surface area contributed by atoms with E-state index in [1.807, 2.05) is 6.07 Å². The van der Waals surface area contributed by atoms with Crippen LogP contribution in [0.1, 0.15) is 68.8 Å². The highest BCUT2D eigenvalue weighted by molar-refractivity contribution is 9.10. The SMILES string of the molecule is CCCCCCCCCC(=O)c1ccc(Br)cn1. The van der Waals surface area contributed by atoms with E-state index in [0.717, 1.165) is 17.3 Å².